The van der Waals surface area contributed by atoms with E-state index in [0.717, 1.165) is 54.8 Å². The number of pyridine rings is 1. The van der Waals surface area contributed by atoms with E-state index in [1.807, 2.05) is 18.5 Å². The first-order valence-corrected chi connectivity index (χ1v) is 9.43. The molecule has 0 amide bonds. The molecule has 138 valence electrons. The standard InChI is InChI=1S/C23H23FN2O/c24-21-8-5-18(6-9-21)20-13-17(15-26-16-20)14-25-12-11-22-10-7-19-3-1-2-4-23(19)27-22/h1-6,8-9,13,15-16,22,25H,7,10-12,14H2/t22-/m1/s1. The van der Waals surface area contributed by atoms with Gasteiger partial charge in [-0.25, -0.2) is 4.39 Å². The first-order valence-electron chi connectivity index (χ1n) is 9.43. The van der Waals surface area contributed by atoms with E-state index in [9.17, 15) is 4.39 Å². The molecule has 1 N–H and O–H groups in total. The zero-order valence-corrected chi connectivity index (χ0v) is 15.2. The van der Waals surface area contributed by atoms with Gasteiger partial charge in [0, 0.05) is 24.5 Å². The summed E-state index contributed by atoms with van der Waals surface area (Å²) < 4.78 is 19.2. The van der Waals surface area contributed by atoms with E-state index in [2.05, 4.69) is 34.6 Å². The first kappa shape index (κ1) is 17.7. The number of hydrogen-bond acceptors (Lipinski definition) is 3. The van der Waals surface area contributed by atoms with Crippen molar-refractivity contribution in [2.45, 2.75) is 31.9 Å². The molecule has 0 bridgehead atoms. The van der Waals surface area contributed by atoms with Crippen molar-refractivity contribution in [3.8, 4) is 16.9 Å². The minimum absolute atomic E-state index is 0.225. The van der Waals surface area contributed by atoms with E-state index in [-0.39, 0.29) is 11.9 Å². The molecule has 3 aromatic rings. The summed E-state index contributed by atoms with van der Waals surface area (Å²) >= 11 is 0. The summed E-state index contributed by atoms with van der Waals surface area (Å²) in [6.07, 6.45) is 7.10. The number of para-hydroxylation sites is 1. The summed E-state index contributed by atoms with van der Waals surface area (Å²) in [5.74, 6) is 0.807. The fraction of sp³-hybridized carbons (Fsp3) is 0.261. The van der Waals surface area contributed by atoms with Crippen LogP contribution in [0.5, 0.6) is 5.75 Å². The van der Waals surface area contributed by atoms with Gasteiger partial charge in [-0.3, -0.25) is 4.98 Å². The molecule has 1 aliphatic heterocycles. The second-order valence-corrected chi connectivity index (χ2v) is 6.94. The number of hydrogen-bond donors (Lipinski definition) is 1. The predicted octanol–water partition coefficient (Wildman–Crippen LogP) is 4.76. The van der Waals surface area contributed by atoms with Gasteiger partial charge in [-0.05, 0) is 66.8 Å². The molecule has 0 spiro atoms. The molecule has 3 nitrogen and oxygen atoms in total. The Hall–Kier alpha value is -2.72. The second kappa shape index (κ2) is 8.31. The maximum Gasteiger partial charge on any atom is 0.123 e. The number of rotatable bonds is 6. The lowest BCUT2D eigenvalue weighted by Crippen LogP contribution is -2.27. The zero-order chi connectivity index (χ0) is 18.5. The third-order valence-electron chi connectivity index (χ3n) is 4.95. The Labute approximate surface area is 159 Å². The Bertz CT molecular complexity index is 895. The Morgan fingerprint density at radius 2 is 1.89 bits per heavy atom. The average molecular weight is 362 g/mol. The molecule has 1 aliphatic rings. The van der Waals surface area contributed by atoms with Gasteiger partial charge in [-0.2, -0.15) is 0 Å². The molecule has 0 aliphatic carbocycles. The van der Waals surface area contributed by atoms with E-state index >= 15 is 0 Å². The van der Waals surface area contributed by atoms with E-state index in [1.54, 1.807) is 12.1 Å². The average Bonchev–Trinajstić information content (AvgIpc) is 2.72. The zero-order valence-electron chi connectivity index (χ0n) is 15.2. The fourth-order valence-electron chi connectivity index (χ4n) is 3.46. The van der Waals surface area contributed by atoms with Crippen molar-refractivity contribution < 1.29 is 9.13 Å². The summed E-state index contributed by atoms with van der Waals surface area (Å²) in [6.45, 7) is 1.65. The van der Waals surface area contributed by atoms with Gasteiger partial charge in [-0.1, -0.05) is 30.3 Å². The van der Waals surface area contributed by atoms with Gasteiger partial charge in [0.05, 0.1) is 0 Å². The highest BCUT2D eigenvalue weighted by Crippen LogP contribution is 2.28. The van der Waals surface area contributed by atoms with Gasteiger partial charge in [0.15, 0.2) is 0 Å². The van der Waals surface area contributed by atoms with Crippen LogP contribution in [-0.4, -0.2) is 17.6 Å². The highest BCUT2D eigenvalue weighted by Gasteiger charge is 2.18. The fourth-order valence-corrected chi connectivity index (χ4v) is 3.46. The molecule has 2 aromatic carbocycles. The van der Waals surface area contributed by atoms with Crippen LogP contribution in [0.3, 0.4) is 0 Å². The summed E-state index contributed by atoms with van der Waals surface area (Å²) in [5, 5.41) is 3.48. The molecule has 0 saturated heterocycles. The lowest BCUT2D eigenvalue weighted by atomic mass is 10.0. The molecule has 1 aromatic heterocycles. The van der Waals surface area contributed by atoms with Gasteiger partial charge in [0.2, 0.25) is 0 Å². The van der Waals surface area contributed by atoms with Crippen LogP contribution in [0.1, 0.15) is 24.0 Å². The predicted molar refractivity (Wildman–Crippen MR) is 105 cm³/mol. The van der Waals surface area contributed by atoms with Crippen molar-refractivity contribution in [2.75, 3.05) is 6.54 Å². The Morgan fingerprint density at radius 1 is 1.04 bits per heavy atom. The number of benzene rings is 2. The third kappa shape index (κ3) is 4.52. The van der Waals surface area contributed by atoms with E-state index in [4.69, 9.17) is 4.74 Å². The highest BCUT2D eigenvalue weighted by molar-refractivity contribution is 5.62. The van der Waals surface area contributed by atoms with Crippen LogP contribution < -0.4 is 10.1 Å². The molecule has 0 saturated carbocycles. The van der Waals surface area contributed by atoms with Crippen molar-refractivity contribution in [3.63, 3.8) is 0 Å². The minimum Gasteiger partial charge on any atom is -0.490 e. The second-order valence-electron chi connectivity index (χ2n) is 6.94. The number of fused-ring (bicyclic) bond motifs is 1. The Kier molecular flexibility index (Phi) is 5.45. The van der Waals surface area contributed by atoms with Crippen molar-refractivity contribution in [1.82, 2.24) is 10.3 Å². The number of ether oxygens (including phenoxy) is 1. The van der Waals surface area contributed by atoms with Crippen LogP contribution in [0.4, 0.5) is 4.39 Å². The third-order valence-corrected chi connectivity index (χ3v) is 4.95. The van der Waals surface area contributed by atoms with Crippen molar-refractivity contribution in [2.24, 2.45) is 0 Å². The van der Waals surface area contributed by atoms with Crippen molar-refractivity contribution in [3.05, 3.63) is 83.9 Å². The maximum absolute atomic E-state index is 13.1. The smallest absolute Gasteiger partial charge is 0.123 e. The summed E-state index contributed by atoms with van der Waals surface area (Å²) in [6, 6.07) is 16.9. The summed E-state index contributed by atoms with van der Waals surface area (Å²) in [7, 11) is 0. The van der Waals surface area contributed by atoms with Gasteiger partial charge in [-0.15, -0.1) is 0 Å². The molecule has 0 radical (unpaired) electrons. The van der Waals surface area contributed by atoms with Gasteiger partial charge in [0.25, 0.3) is 0 Å². The summed E-state index contributed by atoms with van der Waals surface area (Å²) in [4.78, 5) is 4.32. The van der Waals surface area contributed by atoms with Gasteiger partial charge in [0.1, 0.15) is 17.7 Å². The van der Waals surface area contributed by atoms with Crippen LogP contribution in [0.2, 0.25) is 0 Å². The summed E-state index contributed by atoms with van der Waals surface area (Å²) in [5.41, 5.74) is 4.40. The number of halogens is 1. The van der Waals surface area contributed by atoms with Crippen molar-refractivity contribution >= 4 is 0 Å². The molecule has 4 heteroatoms. The molecule has 1 atom stereocenters. The quantitative estimate of drug-likeness (QED) is 0.642. The highest BCUT2D eigenvalue weighted by atomic mass is 19.1. The number of aryl methyl sites for hydroxylation is 1. The van der Waals surface area contributed by atoms with E-state index < -0.39 is 0 Å². The lowest BCUT2D eigenvalue weighted by Gasteiger charge is -2.26. The van der Waals surface area contributed by atoms with E-state index in [1.165, 1.54) is 17.7 Å². The van der Waals surface area contributed by atoms with Crippen LogP contribution in [0, 0.1) is 5.82 Å². The molecule has 0 unspecified atom stereocenters. The Balaban J connectivity index is 1.27. The maximum atomic E-state index is 13.1. The topological polar surface area (TPSA) is 34.2 Å². The molecular weight excluding hydrogens is 339 g/mol. The monoisotopic (exact) mass is 362 g/mol. The number of aromatic nitrogens is 1. The normalized spacial score (nSPS) is 15.8. The lowest BCUT2D eigenvalue weighted by molar-refractivity contribution is 0.163. The number of nitrogens with one attached hydrogen (secondary N) is 1. The Morgan fingerprint density at radius 3 is 2.78 bits per heavy atom. The molecular formula is C23H23FN2O. The largest absolute Gasteiger partial charge is 0.490 e. The van der Waals surface area contributed by atoms with E-state index in [0.29, 0.717) is 0 Å². The first-order chi connectivity index (χ1) is 13.3. The molecule has 2 heterocycles. The van der Waals surface area contributed by atoms with Crippen LogP contribution in [-0.2, 0) is 13.0 Å². The van der Waals surface area contributed by atoms with Crippen LogP contribution in [0.15, 0.2) is 67.0 Å². The van der Waals surface area contributed by atoms with Crippen molar-refractivity contribution in [1.29, 1.82) is 0 Å². The SMILES string of the molecule is Fc1ccc(-c2cncc(CNCC[C@H]3CCc4ccccc4O3)c2)cc1. The van der Waals surface area contributed by atoms with Crippen LogP contribution in [0.25, 0.3) is 11.1 Å². The molecule has 27 heavy (non-hydrogen) atoms. The van der Waals surface area contributed by atoms with Gasteiger partial charge < -0.3 is 10.1 Å². The molecule has 0 fully saturated rings. The minimum atomic E-state index is -0.225. The number of nitrogens with zero attached hydrogens (tertiary/aromatic N) is 1. The van der Waals surface area contributed by atoms with Crippen LogP contribution >= 0.6 is 0 Å². The van der Waals surface area contributed by atoms with Gasteiger partial charge >= 0.3 is 0 Å². The molecule has 4 rings (SSSR count).